The number of hydrogen-bond donors (Lipinski definition) is 2. The van der Waals surface area contributed by atoms with Crippen molar-refractivity contribution in [1.82, 2.24) is 4.90 Å². The van der Waals surface area contributed by atoms with Gasteiger partial charge in [0.1, 0.15) is 0 Å². The van der Waals surface area contributed by atoms with E-state index < -0.39 is 0 Å². The Bertz CT molecular complexity index is 631. The maximum absolute atomic E-state index is 12.5. The molecule has 0 radical (unpaired) electrons. The van der Waals surface area contributed by atoms with Crippen LogP contribution in [0.3, 0.4) is 0 Å². The van der Waals surface area contributed by atoms with Crippen LogP contribution < -0.4 is 0 Å². The van der Waals surface area contributed by atoms with E-state index in [0.29, 0.717) is 30.8 Å². The maximum Gasteiger partial charge on any atom is 0.193 e. The van der Waals surface area contributed by atoms with Gasteiger partial charge in [0.2, 0.25) is 0 Å². The van der Waals surface area contributed by atoms with Crippen molar-refractivity contribution >= 4 is 5.78 Å². The number of rotatable bonds is 8. The second kappa shape index (κ2) is 8.58. The van der Waals surface area contributed by atoms with Crippen molar-refractivity contribution in [1.29, 1.82) is 0 Å². The fourth-order valence-electron chi connectivity index (χ4n) is 2.53. The van der Waals surface area contributed by atoms with E-state index in [2.05, 4.69) is 0 Å². The van der Waals surface area contributed by atoms with Gasteiger partial charge in [-0.3, -0.25) is 9.69 Å². The first-order valence-corrected chi connectivity index (χ1v) is 7.78. The van der Waals surface area contributed by atoms with Crippen LogP contribution >= 0.6 is 0 Å². The quantitative estimate of drug-likeness (QED) is 0.732. The van der Waals surface area contributed by atoms with Crippen molar-refractivity contribution in [3.63, 3.8) is 0 Å². The Hall–Kier alpha value is -2.01. The zero-order valence-corrected chi connectivity index (χ0v) is 13.4. The standard InChI is InChI=1S/C19H23NO3/c1-15-3-2-4-18(13-15)19(23)17-7-5-16(6-8-17)14-20(9-11-21)10-12-22/h2-8,13,21-22H,9-12,14H2,1H3. The highest BCUT2D eigenvalue weighted by Gasteiger charge is 2.10. The summed E-state index contributed by atoms with van der Waals surface area (Å²) in [5, 5.41) is 18.1. The van der Waals surface area contributed by atoms with Gasteiger partial charge in [-0.25, -0.2) is 0 Å². The molecule has 0 saturated heterocycles. The Morgan fingerprint density at radius 1 is 0.957 bits per heavy atom. The lowest BCUT2D eigenvalue weighted by molar-refractivity contribution is 0.103. The number of aliphatic hydroxyl groups is 2. The second-order valence-electron chi connectivity index (χ2n) is 5.62. The Labute approximate surface area is 137 Å². The monoisotopic (exact) mass is 313 g/mol. The van der Waals surface area contributed by atoms with Gasteiger partial charge in [-0.2, -0.15) is 0 Å². The number of aliphatic hydroxyl groups excluding tert-OH is 2. The smallest absolute Gasteiger partial charge is 0.193 e. The SMILES string of the molecule is Cc1cccc(C(=O)c2ccc(CN(CCO)CCO)cc2)c1. The molecule has 0 heterocycles. The zero-order chi connectivity index (χ0) is 16.7. The lowest BCUT2D eigenvalue weighted by atomic mass is 10.0. The van der Waals surface area contributed by atoms with E-state index in [1.807, 2.05) is 60.4 Å². The summed E-state index contributed by atoms with van der Waals surface area (Å²) in [6.07, 6.45) is 0. The van der Waals surface area contributed by atoms with E-state index in [-0.39, 0.29) is 19.0 Å². The summed E-state index contributed by atoms with van der Waals surface area (Å²) in [6, 6.07) is 15.1. The minimum absolute atomic E-state index is 0.0165. The fraction of sp³-hybridized carbons (Fsp3) is 0.316. The number of carbonyl (C=O) groups is 1. The summed E-state index contributed by atoms with van der Waals surface area (Å²) >= 11 is 0. The Kier molecular flexibility index (Phi) is 6.47. The molecular weight excluding hydrogens is 290 g/mol. The maximum atomic E-state index is 12.5. The summed E-state index contributed by atoms with van der Waals surface area (Å²) in [6.45, 7) is 3.76. The number of benzene rings is 2. The van der Waals surface area contributed by atoms with Crippen LogP contribution in [0.1, 0.15) is 27.0 Å². The van der Waals surface area contributed by atoms with Gasteiger partial charge in [-0.05, 0) is 18.6 Å². The number of ketones is 1. The molecule has 0 aliphatic heterocycles. The van der Waals surface area contributed by atoms with Crippen molar-refractivity contribution < 1.29 is 15.0 Å². The Morgan fingerprint density at radius 2 is 1.61 bits per heavy atom. The molecule has 0 aliphatic carbocycles. The zero-order valence-electron chi connectivity index (χ0n) is 13.4. The fourth-order valence-corrected chi connectivity index (χ4v) is 2.53. The summed E-state index contributed by atoms with van der Waals surface area (Å²) in [5.41, 5.74) is 3.47. The van der Waals surface area contributed by atoms with E-state index in [4.69, 9.17) is 10.2 Å². The third-order valence-electron chi connectivity index (χ3n) is 3.74. The van der Waals surface area contributed by atoms with Crippen molar-refractivity contribution in [2.24, 2.45) is 0 Å². The van der Waals surface area contributed by atoms with Crippen LogP contribution in [-0.4, -0.2) is 47.2 Å². The van der Waals surface area contributed by atoms with Gasteiger partial charge in [0, 0.05) is 30.8 Å². The highest BCUT2D eigenvalue weighted by molar-refractivity contribution is 6.09. The summed E-state index contributed by atoms with van der Waals surface area (Å²) < 4.78 is 0. The summed E-state index contributed by atoms with van der Waals surface area (Å²) in [7, 11) is 0. The molecule has 0 spiro atoms. The molecule has 2 aromatic rings. The third-order valence-corrected chi connectivity index (χ3v) is 3.74. The van der Waals surface area contributed by atoms with Crippen molar-refractivity contribution in [2.45, 2.75) is 13.5 Å². The molecule has 0 aromatic heterocycles. The van der Waals surface area contributed by atoms with E-state index in [1.54, 1.807) is 0 Å². The highest BCUT2D eigenvalue weighted by Crippen LogP contribution is 2.13. The molecule has 0 saturated carbocycles. The van der Waals surface area contributed by atoms with Gasteiger partial charge in [0.25, 0.3) is 0 Å². The van der Waals surface area contributed by atoms with Gasteiger partial charge < -0.3 is 10.2 Å². The van der Waals surface area contributed by atoms with E-state index >= 15 is 0 Å². The van der Waals surface area contributed by atoms with Crippen LogP contribution in [0.25, 0.3) is 0 Å². The molecule has 0 bridgehead atoms. The molecule has 23 heavy (non-hydrogen) atoms. The van der Waals surface area contributed by atoms with E-state index in [9.17, 15) is 4.79 Å². The molecule has 2 rings (SSSR count). The summed E-state index contributed by atoms with van der Waals surface area (Å²) in [5.74, 6) is 0.0165. The second-order valence-corrected chi connectivity index (χ2v) is 5.62. The van der Waals surface area contributed by atoms with Crippen LogP contribution in [-0.2, 0) is 6.54 Å². The van der Waals surface area contributed by atoms with Gasteiger partial charge in [-0.1, -0.05) is 48.0 Å². The topological polar surface area (TPSA) is 60.8 Å². The van der Waals surface area contributed by atoms with Crippen molar-refractivity contribution in [3.05, 3.63) is 70.8 Å². The lowest BCUT2D eigenvalue weighted by Crippen LogP contribution is -2.29. The van der Waals surface area contributed by atoms with Gasteiger partial charge in [0.15, 0.2) is 5.78 Å². The highest BCUT2D eigenvalue weighted by atomic mass is 16.3. The minimum Gasteiger partial charge on any atom is -0.395 e. The van der Waals surface area contributed by atoms with Crippen LogP contribution in [0.4, 0.5) is 0 Å². The molecular formula is C19H23NO3. The van der Waals surface area contributed by atoms with E-state index in [0.717, 1.165) is 11.1 Å². The molecule has 0 amide bonds. The molecule has 0 atom stereocenters. The molecule has 0 aliphatic rings. The molecule has 0 fully saturated rings. The minimum atomic E-state index is 0.0165. The normalized spacial score (nSPS) is 11.0. The third kappa shape index (κ3) is 4.99. The van der Waals surface area contributed by atoms with Gasteiger partial charge >= 0.3 is 0 Å². The summed E-state index contributed by atoms with van der Waals surface area (Å²) in [4.78, 5) is 14.4. The lowest BCUT2D eigenvalue weighted by Gasteiger charge is -2.20. The molecule has 4 heteroatoms. The number of hydrogen-bond acceptors (Lipinski definition) is 4. The molecule has 2 N–H and O–H groups in total. The first-order valence-electron chi connectivity index (χ1n) is 7.78. The van der Waals surface area contributed by atoms with Gasteiger partial charge in [0.05, 0.1) is 13.2 Å². The average Bonchev–Trinajstić information content (AvgIpc) is 2.55. The number of aryl methyl sites for hydroxylation is 1. The van der Waals surface area contributed by atoms with Crippen LogP contribution in [0.5, 0.6) is 0 Å². The van der Waals surface area contributed by atoms with Crippen LogP contribution in [0, 0.1) is 6.92 Å². The van der Waals surface area contributed by atoms with Crippen LogP contribution in [0.15, 0.2) is 48.5 Å². The van der Waals surface area contributed by atoms with Crippen molar-refractivity contribution in [2.75, 3.05) is 26.3 Å². The Morgan fingerprint density at radius 3 is 2.17 bits per heavy atom. The number of nitrogens with zero attached hydrogens (tertiary/aromatic N) is 1. The molecule has 2 aromatic carbocycles. The first-order chi connectivity index (χ1) is 11.1. The van der Waals surface area contributed by atoms with Gasteiger partial charge in [-0.15, -0.1) is 0 Å². The predicted molar refractivity (Wildman–Crippen MR) is 90.5 cm³/mol. The molecule has 0 unspecified atom stereocenters. The van der Waals surface area contributed by atoms with E-state index in [1.165, 1.54) is 0 Å². The number of carbonyl (C=O) groups excluding carboxylic acids is 1. The predicted octanol–water partition coefficient (Wildman–Crippen LogP) is 2.01. The van der Waals surface area contributed by atoms with Crippen LogP contribution in [0.2, 0.25) is 0 Å². The van der Waals surface area contributed by atoms with Crippen molar-refractivity contribution in [3.8, 4) is 0 Å². The largest absolute Gasteiger partial charge is 0.395 e. The first kappa shape index (κ1) is 17.3. The Balaban J connectivity index is 2.08. The molecule has 122 valence electrons. The average molecular weight is 313 g/mol. The molecule has 4 nitrogen and oxygen atoms in total.